The number of aromatic hydroxyl groups is 1. The van der Waals surface area contributed by atoms with Crippen LogP contribution in [0.25, 0.3) is 27.6 Å². The fourth-order valence-corrected chi connectivity index (χ4v) is 4.25. The first-order valence-electron chi connectivity index (χ1n) is 11.0. The van der Waals surface area contributed by atoms with E-state index in [1.165, 1.54) is 52.2 Å². The van der Waals surface area contributed by atoms with Gasteiger partial charge in [0.1, 0.15) is 5.69 Å². The van der Waals surface area contributed by atoms with Crippen molar-refractivity contribution in [3.05, 3.63) is 64.6 Å². The number of nitrogens with zero attached hydrogens (tertiary/aromatic N) is 1. The highest BCUT2D eigenvalue weighted by atomic mass is 16.5. The maximum absolute atomic E-state index is 13.9. The molecule has 1 aromatic heterocycles. The van der Waals surface area contributed by atoms with Gasteiger partial charge in [0.05, 0.1) is 40.9 Å². The van der Waals surface area contributed by atoms with E-state index in [1.807, 2.05) is 0 Å². The van der Waals surface area contributed by atoms with Crippen molar-refractivity contribution in [2.24, 2.45) is 0 Å². The Morgan fingerprint density at radius 2 is 1.41 bits per heavy atom. The highest BCUT2D eigenvalue weighted by Gasteiger charge is 2.28. The van der Waals surface area contributed by atoms with E-state index >= 15 is 0 Å². The quantitative estimate of drug-likeness (QED) is 0.284. The molecule has 0 fully saturated rings. The van der Waals surface area contributed by atoms with Crippen LogP contribution >= 0.6 is 0 Å². The summed E-state index contributed by atoms with van der Waals surface area (Å²) in [5, 5.41) is 11.1. The second kappa shape index (κ2) is 10.0. The zero-order valence-electron chi connectivity index (χ0n) is 20.9. The van der Waals surface area contributed by atoms with Crippen molar-refractivity contribution in [1.29, 1.82) is 0 Å². The minimum Gasteiger partial charge on any atom is -0.504 e. The second-order valence-electron chi connectivity index (χ2n) is 7.93. The van der Waals surface area contributed by atoms with E-state index in [0.717, 1.165) is 0 Å². The lowest BCUT2D eigenvalue weighted by Crippen LogP contribution is -2.27. The van der Waals surface area contributed by atoms with Crippen molar-refractivity contribution in [3.63, 3.8) is 0 Å². The van der Waals surface area contributed by atoms with Crippen LogP contribution in [0.1, 0.15) is 10.5 Å². The van der Waals surface area contributed by atoms with Crippen LogP contribution in [0.3, 0.4) is 0 Å². The van der Waals surface area contributed by atoms with Crippen molar-refractivity contribution in [2.75, 3.05) is 41.3 Å². The number of nitrogens with two attached hydrogens (primary N) is 1. The van der Waals surface area contributed by atoms with E-state index in [-0.39, 0.29) is 33.5 Å². The molecule has 0 aliphatic rings. The molecule has 0 atom stereocenters. The molecule has 3 aromatic carbocycles. The topological polar surface area (TPSA) is 131 Å². The number of hydrogen-bond acceptors (Lipinski definition) is 9. The molecule has 4 aromatic rings. The molecule has 0 aliphatic heterocycles. The van der Waals surface area contributed by atoms with Crippen LogP contribution in [0.4, 0.5) is 5.69 Å². The fraction of sp³-hybridized carbons (Fsp3) is 0.185. The largest absolute Gasteiger partial charge is 0.504 e. The van der Waals surface area contributed by atoms with Crippen LogP contribution in [0.2, 0.25) is 0 Å². The molecule has 37 heavy (non-hydrogen) atoms. The number of esters is 1. The van der Waals surface area contributed by atoms with Gasteiger partial charge in [0.15, 0.2) is 23.0 Å². The van der Waals surface area contributed by atoms with Gasteiger partial charge in [-0.2, -0.15) is 0 Å². The van der Waals surface area contributed by atoms with Crippen LogP contribution in [0.5, 0.6) is 28.7 Å². The summed E-state index contributed by atoms with van der Waals surface area (Å²) < 4.78 is 28.1. The number of pyridine rings is 1. The first kappa shape index (κ1) is 25.2. The smallest absolute Gasteiger partial charge is 0.355 e. The molecular formula is C27H26N2O8. The number of phenols is 1. The van der Waals surface area contributed by atoms with Gasteiger partial charge in [-0.25, -0.2) is 4.79 Å². The van der Waals surface area contributed by atoms with Crippen LogP contribution in [0, 0.1) is 0 Å². The predicted octanol–water partition coefficient (Wildman–Crippen LogP) is 3.77. The molecule has 0 saturated carbocycles. The van der Waals surface area contributed by atoms with Crippen LogP contribution in [0.15, 0.2) is 53.3 Å². The number of anilines is 1. The van der Waals surface area contributed by atoms with Gasteiger partial charge in [0.2, 0.25) is 5.75 Å². The van der Waals surface area contributed by atoms with Crippen LogP contribution < -0.4 is 30.2 Å². The Kier molecular flexibility index (Phi) is 6.83. The van der Waals surface area contributed by atoms with Gasteiger partial charge in [-0.15, -0.1) is 0 Å². The summed E-state index contributed by atoms with van der Waals surface area (Å²) in [4.78, 5) is 27.2. The fourth-order valence-electron chi connectivity index (χ4n) is 4.25. The molecule has 4 rings (SSSR count). The molecule has 0 unspecified atom stereocenters. The van der Waals surface area contributed by atoms with E-state index in [9.17, 15) is 14.7 Å². The number of phenolic OH excluding ortho intramolecular Hbond substituents is 1. The lowest BCUT2D eigenvalue weighted by molar-refractivity contribution is 0.0591. The molecule has 0 bridgehead atoms. The van der Waals surface area contributed by atoms with E-state index in [4.69, 9.17) is 29.4 Å². The number of ether oxygens (including phenoxy) is 5. The summed E-state index contributed by atoms with van der Waals surface area (Å²) in [6.07, 6.45) is 0. The van der Waals surface area contributed by atoms with Crippen LogP contribution in [-0.4, -0.2) is 51.2 Å². The van der Waals surface area contributed by atoms with Crippen molar-refractivity contribution < 1.29 is 33.6 Å². The normalized spacial score (nSPS) is 10.7. The molecule has 0 amide bonds. The van der Waals surface area contributed by atoms with Gasteiger partial charge in [-0.3, -0.25) is 9.36 Å². The third kappa shape index (κ3) is 4.22. The maximum Gasteiger partial charge on any atom is 0.355 e. The zero-order valence-corrected chi connectivity index (χ0v) is 20.9. The van der Waals surface area contributed by atoms with Crippen LogP contribution in [-0.2, 0) is 4.74 Å². The molecular weight excluding hydrogens is 480 g/mol. The first-order valence-corrected chi connectivity index (χ1v) is 11.0. The molecule has 0 saturated heterocycles. The SMILES string of the molecule is COC(=O)c1c(-c2cc(OC)c(OC)c(OC)c2)c2cc(O)c(OC)cc2c(=O)n1-c1ccc(N)cc1. The first-order chi connectivity index (χ1) is 17.8. The summed E-state index contributed by atoms with van der Waals surface area (Å²) in [5.74, 6) is 0.0794. The van der Waals surface area contributed by atoms with Crippen molar-refractivity contribution in [3.8, 4) is 45.6 Å². The Labute approximate surface area is 212 Å². The van der Waals surface area contributed by atoms with Gasteiger partial charge in [-0.05, 0) is 54.1 Å². The number of aromatic nitrogens is 1. The summed E-state index contributed by atoms with van der Waals surface area (Å²) >= 11 is 0. The van der Waals surface area contributed by atoms with E-state index in [2.05, 4.69) is 0 Å². The monoisotopic (exact) mass is 506 g/mol. The van der Waals surface area contributed by atoms with Crippen molar-refractivity contribution in [1.82, 2.24) is 4.57 Å². The zero-order chi connectivity index (χ0) is 26.9. The summed E-state index contributed by atoms with van der Waals surface area (Å²) in [6.45, 7) is 0. The number of methoxy groups -OCH3 is 5. The molecule has 0 spiro atoms. The minimum absolute atomic E-state index is 0.0800. The van der Waals surface area contributed by atoms with E-state index in [1.54, 1.807) is 36.4 Å². The van der Waals surface area contributed by atoms with Gasteiger partial charge in [-0.1, -0.05) is 0 Å². The number of carbonyl (C=O) groups excluding carboxylic acids is 1. The van der Waals surface area contributed by atoms with E-state index in [0.29, 0.717) is 34.2 Å². The Bertz CT molecular complexity index is 1530. The average Bonchev–Trinajstić information content (AvgIpc) is 2.91. The molecule has 0 radical (unpaired) electrons. The predicted molar refractivity (Wildman–Crippen MR) is 139 cm³/mol. The summed E-state index contributed by atoms with van der Waals surface area (Å²) in [5.41, 5.74) is 6.83. The highest BCUT2D eigenvalue weighted by molar-refractivity contribution is 6.08. The number of fused-ring (bicyclic) bond motifs is 1. The standard InChI is InChI=1S/C27H26N2O8/c1-33-20-13-18-17(12-19(20)30)23(14-10-21(34-2)25(36-4)22(11-14)35-3)24(27(32)37-5)29(26(18)31)16-8-6-15(28)7-9-16/h6-13,30H,28H2,1-5H3. The lowest BCUT2D eigenvalue weighted by atomic mass is 9.95. The van der Waals surface area contributed by atoms with E-state index < -0.39 is 11.5 Å². The third-order valence-corrected chi connectivity index (χ3v) is 5.97. The number of hydrogen-bond donors (Lipinski definition) is 2. The maximum atomic E-state index is 13.9. The van der Waals surface area contributed by atoms with Gasteiger partial charge < -0.3 is 34.5 Å². The summed E-state index contributed by atoms with van der Waals surface area (Å²) in [7, 11) is 7.00. The second-order valence-corrected chi connectivity index (χ2v) is 7.93. The van der Waals surface area contributed by atoms with Gasteiger partial charge >= 0.3 is 5.97 Å². The Morgan fingerprint density at radius 1 is 0.811 bits per heavy atom. The Morgan fingerprint density at radius 3 is 1.92 bits per heavy atom. The summed E-state index contributed by atoms with van der Waals surface area (Å²) in [6, 6.07) is 12.5. The number of rotatable bonds is 7. The minimum atomic E-state index is -0.783. The Hall–Kier alpha value is -4.86. The molecule has 3 N–H and O–H groups in total. The highest BCUT2D eigenvalue weighted by Crippen LogP contribution is 2.45. The molecule has 192 valence electrons. The van der Waals surface area contributed by atoms with Crippen molar-refractivity contribution >= 4 is 22.4 Å². The molecule has 10 heteroatoms. The van der Waals surface area contributed by atoms with Gasteiger partial charge in [0.25, 0.3) is 5.56 Å². The number of carbonyl (C=O) groups is 1. The lowest BCUT2D eigenvalue weighted by Gasteiger charge is -2.21. The number of benzene rings is 3. The van der Waals surface area contributed by atoms with Gasteiger partial charge in [0, 0.05) is 22.3 Å². The number of nitrogen functional groups attached to an aromatic ring is 1. The molecule has 0 aliphatic carbocycles. The molecule has 10 nitrogen and oxygen atoms in total. The Balaban J connectivity index is 2.28. The molecule has 1 heterocycles. The van der Waals surface area contributed by atoms with Crippen molar-refractivity contribution in [2.45, 2.75) is 0 Å². The average molecular weight is 507 g/mol. The third-order valence-electron chi connectivity index (χ3n) is 5.97.